The Kier molecular flexibility index (Phi) is 2.56. The molecule has 0 aromatic carbocycles. The molecule has 0 aliphatic carbocycles. The molecular formula is C6H11FN2S. The summed E-state index contributed by atoms with van der Waals surface area (Å²) in [6.07, 6.45) is -0.212. The fourth-order valence-corrected chi connectivity index (χ4v) is 1.25. The van der Waals surface area contributed by atoms with Crippen LogP contribution in [0, 0.1) is 0 Å². The molecule has 0 aromatic heterocycles. The van der Waals surface area contributed by atoms with Crippen LogP contribution in [0.5, 0.6) is 0 Å². The van der Waals surface area contributed by atoms with Crippen LogP contribution in [0.25, 0.3) is 0 Å². The first-order chi connectivity index (χ1) is 4.74. The first-order valence-corrected chi connectivity index (χ1v) is 3.74. The molecule has 58 valence electrons. The molecule has 1 saturated heterocycles. The van der Waals surface area contributed by atoms with Gasteiger partial charge in [-0.2, -0.15) is 0 Å². The van der Waals surface area contributed by atoms with Gasteiger partial charge in [0.15, 0.2) is 0 Å². The lowest BCUT2D eigenvalue weighted by molar-refractivity contribution is 0.359. The molecule has 0 spiro atoms. The summed E-state index contributed by atoms with van der Waals surface area (Å²) in [5, 5.41) is 5.81. The standard InChI is InChI=1S/C6H11FN2S/c1-8-6(10)5-2-4(7)3-9-5/h4-5,9H,2-3H2,1H3,(H,8,10). The Labute approximate surface area is 65.2 Å². The van der Waals surface area contributed by atoms with Crippen LogP contribution in [-0.4, -0.2) is 30.8 Å². The van der Waals surface area contributed by atoms with Crippen molar-refractivity contribution in [2.75, 3.05) is 13.6 Å². The van der Waals surface area contributed by atoms with Crippen LogP contribution in [0.2, 0.25) is 0 Å². The van der Waals surface area contributed by atoms with Crippen LogP contribution in [-0.2, 0) is 0 Å². The maximum atomic E-state index is 12.5. The highest BCUT2D eigenvalue weighted by Crippen LogP contribution is 2.09. The molecule has 0 saturated carbocycles. The maximum absolute atomic E-state index is 12.5. The quantitative estimate of drug-likeness (QED) is 0.540. The van der Waals surface area contributed by atoms with E-state index in [1.807, 2.05) is 0 Å². The third-order valence-electron chi connectivity index (χ3n) is 1.64. The predicted octanol–water partition coefficient (Wildman–Crippen LogP) is 0.233. The zero-order chi connectivity index (χ0) is 7.56. The van der Waals surface area contributed by atoms with Crippen molar-refractivity contribution in [1.29, 1.82) is 0 Å². The maximum Gasteiger partial charge on any atom is 0.114 e. The summed E-state index contributed by atoms with van der Waals surface area (Å²) in [5.41, 5.74) is 0. The van der Waals surface area contributed by atoms with Crippen molar-refractivity contribution >= 4 is 17.2 Å². The summed E-state index contributed by atoms with van der Waals surface area (Å²) in [6.45, 7) is 0.437. The van der Waals surface area contributed by atoms with Crippen LogP contribution in [0.1, 0.15) is 6.42 Å². The summed E-state index contributed by atoms with van der Waals surface area (Å²) >= 11 is 4.93. The van der Waals surface area contributed by atoms with Crippen molar-refractivity contribution < 1.29 is 4.39 Å². The Morgan fingerprint density at radius 2 is 2.50 bits per heavy atom. The second-order valence-corrected chi connectivity index (χ2v) is 2.85. The van der Waals surface area contributed by atoms with Gasteiger partial charge in [0, 0.05) is 20.0 Å². The second kappa shape index (κ2) is 3.25. The minimum absolute atomic E-state index is 0.0509. The molecular weight excluding hydrogens is 151 g/mol. The molecule has 1 aliphatic rings. The molecule has 1 aliphatic heterocycles. The second-order valence-electron chi connectivity index (χ2n) is 2.41. The molecule has 2 unspecified atom stereocenters. The normalized spacial score (nSPS) is 32.2. The van der Waals surface area contributed by atoms with E-state index in [1.54, 1.807) is 7.05 Å². The van der Waals surface area contributed by atoms with Gasteiger partial charge >= 0.3 is 0 Å². The van der Waals surface area contributed by atoms with E-state index in [9.17, 15) is 4.39 Å². The molecule has 10 heavy (non-hydrogen) atoms. The predicted molar refractivity (Wildman–Crippen MR) is 43.0 cm³/mol. The zero-order valence-corrected chi connectivity index (χ0v) is 6.67. The first-order valence-electron chi connectivity index (χ1n) is 3.33. The molecule has 0 radical (unpaired) electrons. The number of thiocarbonyl (C=S) groups is 1. The molecule has 4 heteroatoms. The Morgan fingerprint density at radius 1 is 1.80 bits per heavy atom. The Bertz CT molecular complexity index is 140. The Hall–Kier alpha value is -0.220. The minimum Gasteiger partial charge on any atom is -0.381 e. The summed E-state index contributed by atoms with van der Waals surface area (Å²) in [7, 11) is 1.76. The van der Waals surface area contributed by atoms with Crippen molar-refractivity contribution in [1.82, 2.24) is 10.6 Å². The van der Waals surface area contributed by atoms with E-state index in [0.29, 0.717) is 18.0 Å². The third kappa shape index (κ3) is 1.64. The minimum atomic E-state index is -0.726. The molecule has 1 rings (SSSR count). The van der Waals surface area contributed by atoms with E-state index in [4.69, 9.17) is 12.2 Å². The van der Waals surface area contributed by atoms with E-state index in [0.717, 1.165) is 0 Å². The monoisotopic (exact) mass is 162 g/mol. The number of alkyl halides is 1. The fourth-order valence-electron chi connectivity index (χ4n) is 1.07. The average molecular weight is 162 g/mol. The number of halogens is 1. The molecule has 1 heterocycles. The zero-order valence-electron chi connectivity index (χ0n) is 5.86. The van der Waals surface area contributed by atoms with E-state index in [1.165, 1.54) is 0 Å². The lowest BCUT2D eigenvalue weighted by atomic mass is 10.2. The van der Waals surface area contributed by atoms with E-state index >= 15 is 0 Å². The van der Waals surface area contributed by atoms with Crippen LogP contribution in [0.4, 0.5) is 4.39 Å². The van der Waals surface area contributed by atoms with Crippen molar-refractivity contribution in [2.45, 2.75) is 18.6 Å². The highest BCUT2D eigenvalue weighted by molar-refractivity contribution is 7.80. The summed E-state index contributed by atoms with van der Waals surface area (Å²) in [6, 6.07) is 0.0509. The molecule has 1 fully saturated rings. The van der Waals surface area contributed by atoms with Gasteiger partial charge in [-0.25, -0.2) is 4.39 Å². The van der Waals surface area contributed by atoms with Gasteiger partial charge in [-0.05, 0) is 0 Å². The van der Waals surface area contributed by atoms with Gasteiger partial charge in [0.25, 0.3) is 0 Å². The summed E-state index contributed by atoms with van der Waals surface area (Å²) < 4.78 is 12.5. The molecule has 0 aromatic rings. The fraction of sp³-hybridized carbons (Fsp3) is 0.833. The summed E-state index contributed by atoms with van der Waals surface area (Å²) in [4.78, 5) is 0.708. The molecule has 2 N–H and O–H groups in total. The van der Waals surface area contributed by atoms with E-state index < -0.39 is 6.17 Å². The van der Waals surface area contributed by atoms with Crippen molar-refractivity contribution in [3.05, 3.63) is 0 Å². The van der Waals surface area contributed by atoms with Gasteiger partial charge in [-0.15, -0.1) is 0 Å². The number of hydrogen-bond acceptors (Lipinski definition) is 2. The topological polar surface area (TPSA) is 24.1 Å². The largest absolute Gasteiger partial charge is 0.381 e. The number of rotatable bonds is 1. The van der Waals surface area contributed by atoms with Crippen molar-refractivity contribution in [3.8, 4) is 0 Å². The van der Waals surface area contributed by atoms with Gasteiger partial charge in [0.05, 0.1) is 11.0 Å². The lowest BCUT2D eigenvalue weighted by Gasteiger charge is -2.09. The first kappa shape index (κ1) is 7.88. The lowest BCUT2D eigenvalue weighted by Crippen LogP contribution is -2.36. The molecule has 0 amide bonds. The number of likely N-dealkylation sites (N-methyl/N-ethyl adjacent to an activating group) is 1. The molecule has 2 nitrogen and oxygen atoms in total. The number of hydrogen-bond donors (Lipinski definition) is 2. The smallest absolute Gasteiger partial charge is 0.114 e. The van der Waals surface area contributed by atoms with E-state index in [2.05, 4.69) is 10.6 Å². The SMILES string of the molecule is CNC(=S)C1CC(F)CN1. The Morgan fingerprint density at radius 3 is 2.90 bits per heavy atom. The van der Waals surface area contributed by atoms with Crippen LogP contribution >= 0.6 is 12.2 Å². The van der Waals surface area contributed by atoms with Crippen LogP contribution < -0.4 is 10.6 Å². The van der Waals surface area contributed by atoms with Crippen molar-refractivity contribution in [3.63, 3.8) is 0 Å². The van der Waals surface area contributed by atoms with Gasteiger partial charge < -0.3 is 10.6 Å². The Balaban J connectivity index is 2.37. The number of nitrogens with one attached hydrogen (secondary N) is 2. The highest BCUT2D eigenvalue weighted by Gasteiger charge is 2.25. The average Bonchev–Trinajstić information content (AvgIpc) is 2.34. The van der Waals surface area contributed by atoms with Gasteiger partial charge in [-0.3, -0.25) is 0 Å². The third-order valence-corrected chi connectivity index (χ3v) is 2.13. The van der Waals surface area contributed by atoms with Crippen molar-refractivity contribution in [2.24, 2.45) is 0 Å². The molecule has 0 bridgehead atoms. The van der Waals surface area contributed by atoms with Gasteiger partial charge in [0.1, 0.15) is 6.17 Å². The summed E-state index contributed by atoms with van der Waals surface area (Å²) in [5.74, 6) is 0. The molecule has 2 atom stereocenters. The highest BCUT2D eigenvalue weighted by atomic mass is 32.1. The van der Waals surface area contributed by atoms with Gasteiger partial charge in [0.2, 0.25) is 0 Å². The van der Waals surface area contributed by atoms with Crippen LogP contribution in [0.15, 0.2) is 0 Å². The van der Waals surface area contributed by atoms with Crippen LogP contribution in [0.3, 0.4) is 0 Å². The van der Waals surface area contributed by atoms with Gasteiger partial charge in [-0.1, -0.05) is 12.2 Å². The van der Waals surface area contributed by atoms with E-state index in [-0.39, 0.29) is 6.04 Å².